The van der Waals surface area contributed by atoms with Gasteiger partial charge in [-0.3, -0.25) is 14.2 Å². The number of thiophene rings is 1. The average Bonchev–Trinajstić information content (AvgIpc) is 3.41. The maximum Gasteiger partial charge on any atom is 0.261 e. The van der Waals surface area contributed by atoms with Crippen LogP contribution in [0.5, 0.6) is 0 Å². The number of fused-ring (bicyclic) bond motifs is 1. The smallest absolute Gasteiger partial charge is 0.261 e. The monoisotopic (exact) mass is 471 g/mol. The molecule has 6 nitrogen and oxygen atoms in total. The topological polar surface area (TPSA) is 68.3 Å². The van der Waals surface area contributed by atoms with Crippen LogP contribution < -0.4 is 5.56 Å². The lowest BCUT2D eigenvalue weighted by Crippen LogP contribution is -2.31. The van der Waals surface area contributed by atoms with Crippen molar-refractivity contribution >= 4 is 44.1 Å². The number of aryl methyl sites for hydroxylation is 1. The van der Waals surface area contributed by atoms with Crippen molar-refractivity contribution in [3.05, 3.63) is 85.9 Å². The third-order valence-electron chi connectivity index (χ3n) is 4.56. The van der Waals surface area contributed by atoms with Crippen LogP contribution in [0.25, 0.3) is 10.9 Å². The van der Waals surface area contributed by atoms with E-state index in [-0.39, 0.29) is 24.4 Å². The lowest BCUT2D eigenvalue weighted by atomic mass is 10.2. The SMILES string of the molecule is O=C(CCn1cnc2ccc(Br)cc2c1=O)N(Cc1ccco1)Cc1cccs1. The molecule has 1 aromatic carbocycles. The molecule has 0 fully saturated rings. The minimum absolute atomic E-state index is 0.0453. The molecule has 1 amide bonds. The molecule has 148 valence electrons. The Hall–Kier alpha value is -2.71. The van der Waals surface area contributed by atoms with E-state index in [4.69, 9.17) is 4.42 Å². The number of furan rings is 1. The number of carbonyl (C=O) groups is 1. The summed E-state index contributed by atoms with van der Waals surface area (Å²) in [6.45, 7) is 1.17. The van der Waals surface area contributed by atoms with Crippen LogP contribution in [0.3, 0.4) is 0 Å². The van der Waals surface area contributed by atoms with Gasteiger partial charge in [-0.25, -0.2) is 4.98 Å². The van der Waals surface area contributed by atoms with Gasteiger partial charge in [0.25, 0.3) is 5.56 Å². The number of halogens is 1. The summed E-state index contributed by atoms with van der Waals surface area (Å²) in [5.41, 5.74) is 0.484. The average molecular weight is 472 g/mol. The molecular formula is C21H18BrN3O3S. The van der Waals surface area contributed by atoms with Crippen LogP contribution in [-0.4, -0.2) is 20.4 Å². The third-order valence-corrected chi connectivity index (χ3v) is 5.91. The molecular weight excluding hydrogens is 454 g/mol. The van der Waals surface area contributed by atoms with Crippen molar-refractivity contribution in [2.24, 2.45) is 0 Å². The number of amides is 1. The maximum atomic E-state index is 12.9. The molecule has 0 bridgehead atoms. The maximum absolute atomic E-state index is 12.9. The van der Waals surface area contributed by atoms with Crippen LogP contribution in [0.4, 0.5) is 0 Å². The molecule has 4 aromatic rings. The number of hydrogen-bond acceptors (Lipinski definition) is 5. The summed E-state index contributed by atoms with van der Waals surface area (Å²) < 4.78 is 7.72. The minimum atomic E-state index is -0.153. The van der Waals surface area contributed by atoms with Crippen LogP contribution in [0, 0.1) is 0 Å². The third kappa shape index (κ3) is 4.65. The normalized spacial score (nSPS) is 11.1. The van der Waals surface area contributed by atoms with E-state index in [1.807, 2.05) is 35.7 Å². The van der Waals surface area contributed by atoms with E-state index < -0.39 is 0 Å². The molecule has 0 N–H and O–H groups in total. The first-order valence-electron chi connectivity index (χ1n) is 9.07. The fourth-order valence-electron chi connectivity index (χ4n) is 3.08. The van der Waals surface area contributed by atoms with Crippen molar-refractivity contribution < 1.29 is 9.21 Å². The molecule has 3 heterocycles. The van der Waals surface area contributed by atoms with E-state index in [0.717, 1.165) is 15.1 Å². The van der Waals surface area contributed by atoms with Gasteiger partial charge in [0.15, 0.2) is 0 Å². The Morgan fingerprint density at radius 2 is 2.10 bits per heavy atom. The summed E-state index contributed by atoms with van der Waals surface area (Å²) >= 11 is 4.99. The molecule has 0 saturated heterocycles. The van der Waals surface area contributed by atoms with E-state index >= 15 is 0 Å². The highest BCUT2D eigenvalue weighted by Gasteiger charge is 2.17. The van der Waals surface area contributed by atoms with E-state index in [0.29, 0.717) is 24.0 Å². The summed E-state index contributed by atoms with van der Waals surface area (Å²) in [6, 6.07) is 13.0. The Balaban J connectivity index is 1.50. The van der Waals surface area contributed by atoms with Crippen LogP contribution >= 0.6 is 27.3 Å². The van der Waals surface area contributed by atoms with Gasteiger partial charge in [0, 0.05) is 22.3 Å². The van der Waals surface area contributed by atoms with Gasteiger partial charge < -0.3 is 9.32 Å². The highest BCUT2D eigenvalue weighted by Crippen LogP contribution is 2.17. The van der Waals surface area contributed by atoms with Gasteiger partial charge in [-0.1, -0.05) is 22.0 Å². The van der Waals surface area contributed by atoms with E-state index in [9.17, 15) is 9.59 Å². The van der Waals surface area contributed by atoms with Gasteiger partial charge in [-0.2, -0.15) is 0 Å². The first kappa shape index (κ1) is 19.6. The highest BCUT2D eigenvalue weighted by molar-refractivity contribution is 9.10. The van der Waals surface area contributed by atoms with Crippen LogP contribution in [0.15, 0.2) is 74.1 Å². The second-order valence-electron chi connectivity index (χ2n) is 6.56. The van der Waals surface area contributed by atoms with Crippen LogP contribution in [0.2, 0.25) is 0 Å². The molecule has 0 spiro atoms. The first-order chi connectivity index (χ1) is 14.1. The molecule has 0 radical (unpaired) electrons. The zero-order valence-corrected chi connectivity index (χ0v) is 17.9. The van der Waals surface area contributed by atoms with E-state index in [1.54, 1.807) is 34.6 Å². The number of carbonyl (C=O) groups excluding carboxylic acids is 1. The number of aromatic nitrogens is 2. The van der Waals surface area contributed by atoms with Gasteiger partial charge in [0.2, 0.25) is 5.91 Å². The van der Waals surface area contributed by atoms with Crippen molar-refractivity contribution in [3.63, 3.8) is 0 Å². The van der Waals surface area contributed by atoms with E-state index in [2.05, 4.69) is 20.9 Å². The summed E-state index contributed by atoms with van der Waals surface area (Å²) in [4.78, 5) is 32.9. The van der Waals surface area contributed by atoms with Crippen LogP contribution in [-0.2, 0) is 24.4 Å². The summed E-state index contributed by atoms with van der Waals surface area (Å²) in [6.07, 6.45) is 3.30. The Bertz CT molecular complexity index is 1130. The Morgan fingerprint density at radius 1 is 1.21 bits per heavy atom. The summed E-state index contributed by atoms with van der Waals surface area (Å²) in [5, 5.41) is 2.52. The fourth-order valence-corrected chi connectivity index (χ4v) is 4.16. The molecule has 0 aliphatic rings. The van der Waals surface area contributed by atoms with Gasteiger partial charge in [-0.05, 0) is 41.8 Å². The lowest BCUT2D eigenvalue weighted by Gasteiger charge is -2.21. The molecule has 0 saturated carbocycles. The largest absolute Gasteiger partial charge is 0.467 e. The van der Waals surface area contributed by atoms with Gasteiger partial charge in [0.1, 0.15) is 5.76 Å². The Morgan fingerprint density at radius 3 is 2.86 bits per heavy atom. The summed E-state index contributed by atoms with van der Waals surface area (Å²) in [7, 11) is 0. The van der Waals surface area contributed by atoms with Crippen molar-refractivity contribution in [2.75, 3.05) is 0 Å². The van der Waals surface area contributed by atoms with Crippen molar-refractivity contribution in [1.29, 1.82) is 0 Å². The second-order valence-corrected chi connectivity index (χ2v) is 8.51. The predicted molar refractivity (Wildman–Crippen MR) is 116 cm³/mol. The molecule has 0 aliphatic heterocycles. The van der Waals surface area contributed by atoms with Gasteiger partial charge >= 0.3 is 0 Å². The first-order valence-corrected chi connectivity index (χ1v) is 10.7. The standard InChI is InChI=1S/C21H18BrN3O3S/c22-15-5-6-19-18(11-15)21(27)24(14-23-19)8-7-20(26)25(12-16-3-1-9-28-16)13-17-4-2-10-29-17/h1-6,9-11,14H,7-8,12-13H2. The fraction of sp³-hybridized carbons (Fsp3) is 0.190. The Labute approximate surface area is 179 Å². The quantitative estimate of drug-likeness (QED) is 0.399. The van der Waals surface area contributed by atoms with Crippen molar-refractivity contribution in [3.8, 4) is 0 Å². The van der Waals surface area contributed by atoms with Gasteiger partial charge in [0.05, 0.1) is 36.6 Å². The molecule has 0 unspecified atom stereocenters. The predicted octanol–water partition coefficient (Wildman–Crippen LogP) is 4.43. The molecule has 4 rings (SSSR count). The Kier molecular flexibility index (Phi) is 5.92. The minimum Gasteiger partial charge on any atom is -0.467 e. The van der Waals surface area contributed by atoms with Gasteiger partial charge in [-0.15, -0.1) is 11.3 Å². The number of rotatable bonds is 7. The van der Waals surface area contributed by atoms with Crippen molar-refractivity contribution in [1.82, 2.24) is 14.5 Å². The number of benzene rings is 1. The second kappa shape index (κ2) is 8.75. The highest BCUT2D eigenvalue weighted by atomic mass is 79.9. The van der Waals surface area contributed by atoms with E-state index in [1.165, 1.54) is 10.9 Å². The molecule has 0 aliphatic carbocycles. The number of hydrogen-bond donors (Lipinski definition) is 0. The molecule has 3 aromatic heterocycles. The van der Waals surface area contributed by atoms with Crippen molar-refractivity contribution in [2.45, 2.75) is 26.1 Å². The molecule has 29 heavy (non-hydrogen) atoms. The zero-order chi connectivity index (χ0) is 20.2. The number of nitrogens with zero attached hydrogens (tertiary/aromatic N) is 3. The lowest BCUT2D eigenvalue weighted by molar-refractivity contribution is -0.132. The zero-order valence-electron chi connectivity index (χ0n) is 15.5. The molecule has 0 atom stereocenters. The summed E-state index contributed by atoms with van der Waals surface area (Å²) in [5.74, 6) is 0.681. The van der Waals surface area contributed by atoms with Crippen LogP contribution in [0.1, 0.15) is 17.1 Å². The molecule has 8 heteroatoms.